The number of hydrogen-bond donors (Lipinski definition) is 0. The Balaban J connectivity index is 2.34. The first-order chi connectivity index (χ1) is 5.27. The maximum absolute atomic E-state index is 2.56. The van der Waals surface area contributed by atoms with Crippen LogP contribution < -0.4 is 0 Å². The molecule has 66 valence electrons. The van der Waals surface area contributed by atoms with Crippen LogP contribution in [0.4, 0.5) is 0 Å². The van der Waals surface area contributed by atoms with Gasteiger partial charge in [0.2, 0.25) is 0 Å². The molecule has 1 rings (SSSR count). The van der Waals surface area contributed by atoms with Crippen LogP contribution in [0.15, 0.2) is 0 Å². The van der Waals surface area contributed by atoms with Crippen molar-refractivity contribution in [2.45, 2.75) is 26.3 Å². The van der Waals surface area contributed by atoms with Crippen molar-refractivity contribution in [2.24, 2.45) is 0 Å². The first-order valence-electron chi connectivity index (χ1n) is 4.70. The van der Waals surface area contributed by atoms with Gasteiger partial charge in [-0.3, -0.25) is 4.90 Å². The predicted molar refractivity (Wildman–Crippen MR) is 48.8 cm³/mol. The van der Waals surface area contributed by atoms with E-state index in [9.17, 15) is 0 Å². The molecular formula is C9H20N2. The van der Waals surface area contributed by atoms with E-state index in [1.165, 1.54) is 32.6 Å². The van der Waals surface area contributed by atoms with Crippen LogP contribution >= 0.6 is 0 Å². The third-order valence-corrected chi connectivity index (χ3v) is 2.70. The molecule has 1 aliphatic rings. The van der Waals surface area contributed by atoms with Crippen LogP contribution in [-0.2, 0) is 0 Å². The lowest BCUT2D eigenvalue weighted by atomic mass is 10.2. The molecule has 1 heterocycles. The molecule has 2 nitrogen and oxygen atoms in total. The molecule has 0 bridgehead atoms. The van der Waals surface area contributed by atoms with Gasteiger partial charge in [0.25, 0.3) is 0 Å². The van der Waals surface area contributed by atoms with Crippen LogP contribution in [0.2, 0.25) is 0 Å². The van der Waals surface area contributed by atoms with E-state index in [0.717, 1.165) is 6.04 Å². The highest BCUT2D eigenvalue weighted by Gasteiger charge is 2.23. The second-order valence-corrected chi connectivity index (χ2v) is 3.43. The standard InChI is InChI=1S/C9H20N2/c1-4-11(5-2)9-6-7-10(3)8-9/h9H,4-8H2,1-3H3/t9-/m1/s1. The molecule has 11 heavy (non-hydrogen) atoms. The Bertz CT molecular complexity index is 110. The second kappa shape index (κ2) is 4.07. The Morgan fingerprint density at radius 3 is 2.36 bits per heavy atom. The summed E-state index contributed by atoms with van der Waals surface area (Å²) in [5.41, 5.74) is 0. The molecule has 0 radical (unpaired) electrons. The van der Waals surface area contributed by atoms with Crippen LogP contribution in [0.25, 0.3) is 0 Å². The summed E-state index contributed by atoms with van der Waals surface area (Å²) < 4.78 is 0. The number of likely N-dealkylation sites (N-methyl/N-ethyl adjacent to an activating group) is 2. The van der Waals surface area contributed by atoms with Gasteiger partial charge in [-0.15, -0.1) is 0 Å². The average Bonchev–Trinajstić information content (AvgIpc) is 2.39. The highest BCUT2D eigenvalue weighted by atomic mass is 15.2. The van der Waals surface area contributed by atoms with Crippen molar-refractivity contribution >= 4 is 0 Å². The van der Waals surface area contributed by atoms with Gasteiger partial charge >= 0.3 is 0 Å². The van der Waals surface area contributed by atoms with Crippen molar-refractivity contribution in [3.8, 4) is 0 Å². The fourth-order valence-electron chi connectivity index (χ4n) is 1.95. The van der Waals surface area contributed by atoms with Crippen LogP contribution in [0, 0.1) is 0 Å². The minimum atomic E-state index is 0.829. The smallest absolute Gasteiger partial charge is 0.0234 e. The zero-order chi connectivity index (χ0) is 8.27. The zero-order valence-corrected chi connectivity index (χ0v) is 8.01. The molecule has 0 N–H and O–H groups in total. The number of nitrogens with zero attached hydrogens (tertiary/aromatic N) is 2. The molecule has 0 spiro atoms. The van der Waals surface area contributed by atoms with Gasteiger partial charge in [-0.1, -0.05) is 13.8 Å². The Kier molecular flexibility index (Phi) is 3.34. The number of rotatable bonds is 3. The van der Waals surface area contributed by atoms with Gasteiger partial charge in [0.1, 0.15) is 0 Å². The van der Waals surface area contributed by atoms with Crippen molar-refractivity contribution < 1.29 is 0 Å². The molecule has 0 aliphatic carbocycles. The van der Waals surface area contributed by atoms with E-state index in [1.54, 1.807) is 0 Å². The highest BCUT2D eigenvalue weighted by Crippen LogP contribution is 2.12. The lowest BCUT2D eigenvalue weighted by Crippen LogP contribution is -2.36. The van der Waals surface area contributed by atoms with E-state index < -0.39 is 0 Å². The lowest BCUT2D eigenvalue weighted by molar-refractivity contribution is 0.218. The SMILES string of the molecule is CCN(CC)[C@@H]1CCN(C)C1. The second-order valence-electron chi connectivity index (χ2n) is 3.43. The topological polar surface area (TPSA) is 6.48 Å². The van der Waals surface area contributed by atoms with Crippen molar-refractivity contribution in [2.75, 3.05) is 33.2 Å². The van der Waals surface area contributed by atoms with Crippen molar-refractivity contribution in [1.82, 2.24) is 9.80 Å². The minimum Gasteiger partial charge on any atom is -0.305 e. The first-order valence-corrected chi connectivity index (χ1v) is 4.70. The van der Waals surface area contributed by atoms with Crippen molar-refractivity contribution in [3.05, 3.63) is 0 Å². The summed E-state index contributed by atoms with van der Waals surface area (Å²) in [6, 6.07) is 0.829. The molecule has 0 aromatic rings. The van der Waals surface area contributed by atoms with Crippen LogP contribution in [0.3, 0.4) is 0 Å². The third kappa shape index (κ3) is 2.17. The summed E-state index contributed by atoms with van der Waals surface area (Å²) in [6.45, 7) is 9.45. The van der Waals surface area contributed by atoms with Gasteiger partial charge in [0.05, 0.1) is 0 Å². The molecular weight excluding hydrogens is 136 g/mol. The summed E-state index contributed by atoms with van der Waals surface area (Å²) in [6.07, 6.45) is 1.36. The predicted octanol–water partition coefficient (Wildman–Crippen LogP) is 1.03. The zero-order valence-electron chi connectivity index (χ0n) is 8.01. The molecule has 1 atom stereocenters. The van der Waals surface area contributed by atoms with E-state index in [-0.39, 0.29) is 0 Å². The maximum Gasteiger partial charge on any atom is 0.0234 e. The summed E-state index contributed by atoms with van der Waals surface area (Å²) >= 11 is 0. The van der Waals surface area contributed by atoms with E-state index >= 15 is 0 Å². The molecule has 0 aromatic carbocycles. The monoisotopic (exact) mass is 156 g/mol. The summed E-state index contributed by atoms with van der Waals surface area (Å²) in [7, 11) is 2.21. The van der Waals surface area contributed by atoms with Crippen molar-refractivity contribution in [1.29, 1.82) is 0 Å². The molecule has 0 saturated carbocycles. The van der Waals surface area contributed by atoms with E-state index in [4.69, 9.17) is 0 Å². The maximum atomic E-state index is 2.56. The first kappa shape index (κ1) is 9.01. The van der Waals surface area contributed by atoms with Gasteiger partial charge in [-0.2, -0.15) is 0 Å². The van der Waals surface area contributed by atoms with Crippen molar-refractivity contribution in [3.63, 3.8) is 0 Å². The van der Waals surface area contributed by atoms with E-state index in [0.29, 0.717) is 0 Å². The molecule has 0 unspecified atom stereocenters. The molecule has 1 saturated heterocycles. The fourth-order valence-corrected chi connectivity index (χ4v) is 1.95. The summed E-state index contributed by atoms with van der Waals surface area (Å²) in [4.78, 5) is 4.98. The Labute approximate surface area is 70.2 Å². The number of likely N-dealkylation sites (tertiary alicyclic amines) is 1. The van der Waals surface area contributed by atoms with E-state index in [1.807, 2.05) is 0 Å². The van der Waals surface area contributed by atoms with Gasteiger partial charge in [-0.05, 0) is 33.1 Å². The van der Waals surface area contributed by atoms with E-state index in [2.05, 4.69) is 30.7 Å². The molecule has 2 heteroatoms. The van der Waals surface area contributed by atoms with Gasteiger partial charge < -0.3 is 4.90 Å². The Morgan fingerprint density at radius 2 is 2.00 bits per heavy atom. The summed E-state index contributed by atoms with van der Waals surface area (Å²) in [5, 5.41) is 0. The quantitative estimate of drug-likeness (QED) is 0.602. The molecule has 0 aromatic heterocycles. The minimum absolute atomic E-state index is 0.829. The molecule has 0 amide bonds. The average molecular weight is 156 g/mol. The molecule has 1 fully saturated rings. The van der Waals surface area contributed by atoms with Crippen LogP contribution in [-0.4, -0.2) is 49.1 Å². The van der Waals surface area contributed by atoms with Gasteiger partial charge in [0, 0.05) is 12.6 Å². The Hall–Kier alpha value is -0.0800. The largest absolute Gasteiger partial charge is 0.305 e. The third-order valence-electron chi connectivity index (χ3n) is 2.70. The van der Waals surface area contributed by atoms with Gasteiger partial charge in [-0.25, -0.2) is 0 Å². The lowest BCUT2D eigenvalue weighted by Gasteiger charge is -2.25. The van der Waals surface area contributed by atoms with Crippen LogP contribution in [0.1, 0.15) is 20.3 Å². The van der Waals surface area contributed by atoms with Gasteiger partial charge in [0.15, 0.2) is 0 Å². The highest BCUT2D eigenvalue weighted by molar-refractivity contribution is 4.80. The fraction of sp³-hybridized carbons (Fsp3) is 1.00. The number of hydrogen-bond acceptors (Lipinski definition) is 2. The molecule has 1 aliphatic heterocycles. The summed E-state index contributed by atoms with van der Waals surface area (Å²) in [5.74, 6) is 0. The normalized spacial score (nSPS) is 26.7. The Morgan fingerprint density at radius 1 is 1.36 bits per heavy atom. The van der Waals surface area contributed by atoms with Crippen LogP contribution in [0.5, 0.6) is 0 Å².